The lowest BCUT2D eigenvalue weighted by Crippen LogP contribution is -2.45. The van der Waals surface area contributed by atoms with Crippen molar-refractivity contribution in [3.05, 3.63) is 30.6 Å². The number of fused-ring (bicyclic) bond motifs is 1. The molecule has 2 aliphatic heterocycles. The molecular weight excluding hydrogens is 522 g/mol. The quantitative estimate of drug-likeness (QED) is 0.386. The van der Waals surface area contributed by atoms with Crippen LogP contribution in [0.1, 0.15) is 46.5 Å². The number of nitrogens with one attached hydrogen (secondary N) is 2. The SMILES string of the molecule is CCN(CC)C(=O)C1CCCN(c2nc(Nc3ccc(NC(C)=O)cc3)c3ncn(CCN4CCCC4=O)c3n2)C1. The molecule has 5 rings (SSSR count). The van der Waals surface area contributed by atoms with Gasteiger partial charge in [-0.2, -0.15) is 9.97 Å². The summed E-state index contributed by atoms with van der Waals surface area (Å²) in [5, 5.41) is 6.17. The predicted octanol–water partition coefficient (Wildman–Crippen LogP) is 3.24. The molecule has 2 aromatic heterocycles. The lowest BCUT2D eigenvalue weighted by Gasteiger charge is -2.34. The highest BCUT2D eigenvalue weighted by molar-refractivity contribution is 5.90. The number of amides is 3. The summed E-state index contributed by atoms with van der Waals surface area (Å²) in [6, 6.07) is 7.38. The van der Waals surface area contributed by atoms with Gasteiger partial charge in [-0.25, -0.2) is 4.98 Å². The second-order valence-electron chi connectivity index (χ2n) is 10.6. The zero-order chi connectivity index (χ0) is 28.9. The molecule has 0 aliphatic carbocycles. The van der Waals surface area contributed by atoms with E-state index in [0.29, 0.717) is 67.8 Å². The van der Waals surface area contributed by atoms with Gasteiger partial charge in [0.1, 0.15) is 0 Å². The van der Waals surface area contributed by atoms with Crippen LogP contribution in [-0.4, -0.2) is 86.3 Å². The maximum atomic E-state index is 13.2. The molecule has 12 nitrogen and oxygen atoms in total. The Balaban J connectivity index is 1.45. The van der Waals surface area contributed by atoms with Crippen LogP contribution in [0.2, 0.25) is 0 Å². The molecule has 2 N–H and O–H groups in total. The van der Waals surface area contributed by atoms with Crippen LogP contribution >= 0.6 is 0 Å². The fraction of sp³-hybridized carbons (Fsp3) is 0.517. The van der Waals surface area contributed by atoms with Gasteiger partial charge in [0.2, 0.25) is 23.7 Å². The van der Waals surface area contributed by atoms with Gasteiger partial charge >= 0.3 is 0 Å². The number of likely N-dealkylation sites (tertiary alicyclic amines) is 1. The van der Waals surface area contributed by atoms with E-state index in [4.69, 9.17) is 9.97 Å². The average molecular weight is 562 g/mol. The Morgan fingerprint density at radius 2 is 1.78 bits per heavy atom. The Labute approximate surface area is 240 Å². The van der Waals surface area contributed by atoms with Crippen molar-refractivity contribution in [2.24, 2.45) is 5.92 Å². The minimum atomic E-state index is -0.131. The molecule has 2 saturated heterocycles. The first kappa shape index (κ1) is 28.3. The Bertz CT molecular complexity index is 1400. The van der Waals surface area contributed by atoms with Gasteiger partial charge in [0, 0.05) is 70.5 Å². The number of carbonyl (C=O) groups is 3. The van der Waals surface area contributed by atoms with Crippen molar-refractivity contribution >= 4 is 52.0 Å². The van der Waals surface area contributed by atoms with Gasteiger partial charge in [-0.05, 0) is 57.4 Å². The molecule has 0 saturated carbocycles. The molecule has 0 radical (unpaired) electrons. The summed E-state index contributed by atoms with van der Waals surface area (Å²) in [5.74, 6) is 1.24. The van der Waals surface area contributed by atoms with Crippen LogP contribution in [0.4, 0.5) is 23.1 Å². The summed E-state index contributed by atoms with van der Waals surface area (Å²) in [6.07, 6.45) is 4.98. The molecule has 0 spiro atoms. The Hall–Kier alpha value is -4.22. The zero-order valence-corrected chi connectivity index (χ0v) is 24.1. The largest absolute Gasteiger partial charge is 0.343 e. The first-order chi connectivity index (χ1) is 19.9. The third-order valence-electron chi connectivity index (χ3n) is 7.83. The number of anilines is 4. The Kier molecular flexibility index (Phi) is 8.65. The van der Waals surface area contributed by atoms with E-state index in [1.165, 1.54) is 6.92 Å². The minimum absolute atomic E-state index is 0.105. The Morgan fingerprint density at radius 1 is 1.02 bits per heavy atom. The fourth-order valence-electron chi connectivity index (χ4n) is 5.62. The fourth-order valence-corrected chi connectivity index (χ4v) is 5.62. The first-order valence-corrected chi connectivity index (χ1v) is 14.5. The highest BCUT2D eigenvalue weighted by Crippen LogP contribution is 2.29. The van der Waals surface area contributed by atoms with Crippen LogP contribution < -0.4 is 15.5 Å². The van der Waals surface area contributed by atoms with Gasteiger partial charge in [0.15, 0.2) is 17.0 Å². The van der Waals surface area contributed by atoms with E-state index >= 15 is 0 Å². The summed E-state index contributed by atoms with van der Waals surface area (Å²) in [5.41, 5.74) is 2.79. The summed E-state index contributed by atoms with van der Waals surface area (Å²) in [6.45, 7) is 10.2. The zero-order valence-electron chi connectivity index (χ0n) is 24.1. The third kappa shape index (κ3) is 6.41. The van der Waals surface area contributed by atoms with Crippen molar-refractivity contribution in [3.8, 4) is 0 Å². The van der Waals surface area contributed by atoms with Gasteiger partial charge < -0.3 is 29.9 Å². The number of hydrogen-bond acceptors (Lipinski definition) is 8. The molecule has 218 valence electrons. The molecule has 2 aliphatic rings. The highest BCUT2D eigenvalue weighted by Gasteiger charge is 2.30. The number of imidazole rings is 1. The van der Waals surface area contributed by atoms with Crippen LogP contribution in [0.5, 0.6) is 0 Å². The number of rotatable bonds is 10. The second-order valence-corrected chi connectivity index (χ2v) is 10.6. The van der Waals surface area contributed by atoms with Crippen LogP contribution in [0.25, 0.3) is 11.2 Å². The molecule has 12 heteroatoms. The first-order valence-electron chi connectivity index (χ1n) is 14.5. The second kappa shape index (κ2) is 12.5. The van der Waals surface area contributed by atoms with E-state index in [1.807, 2.05) is 52.5 Å². The third-order valence-corrected chi connectivity index (χ3v) is 7.83. The number of benzene rings is 1. The maximum Gasteiger partial charge on any atom is 0.229 e. The molecule has 2 fully saturated rings. The van der Waals surface area contributed by atoms with Crippen molar-refractivity contribution < 1.29 is 14.4 Å². The summed E-state index contributed by atoms with van der Waals surface area (Å²) in [7, 11) is 0. The van der Waals surface area contributed by atoms with Crippen LogP contribution in [0, 0.1) is 5.92 Å². The smallest absolute Gasteiger partial charge is 0.229 e. The van der Waals surface area contributed by atoms with Crippen molar-refractivity contribution in [3.63, 3.8) is 0 Å². The average Bonchev–Trinajstić information content (AvgIpc) is 3.58. The number of hydrogen-bond donors (Lipinski definition) is 2. The topological polar surface area (TPSA) is 129 Å². The van der Waals surface area contributed by atoms with Gasteiger partial charge in [-0.1, -0.05) is 0 Å². The van der Waals surface area contributed by atoms with Crippen LogP contribution in [-0.2, 0) is 20.9 Å². The molecule has 4 heterocycles. The minimum Gasteiger partial charge on any atom is -0.343 e. The number of nitrogens with zero attached hydrogens (tertiary/aromatic N) is 7. The molecule has 0 bridgehead atoms. The lowest BCUT2D eigenvalue weighted by molar-refractivity contribution is -0.135. The van der Waals surface area contributed by atoms with E-state index in [-0.39, 0.29) is 23.6 Å². The van der Waals surface area contributed by atoms with E-state index in [9.17, 15) is 14.4 Å². The Morgan fingerprint density at radius 3 is 2.46 bits per heavy atom. The van der Waals surface area contributed by atoms with Gasteiger partial charge in [0.05, 0.1) is 12.2 Å². The number of aromatic nitrogens is 4. The van der Waals surface area contributed by atoms with E-state index < -0.39 is 0 Å². The molecule has 3 amide bonds. The van der Waals surface area contributed by atoms with Crippen LogP contribution in [0.3, 0.4) is 0 Å². The predicted molar refractivity (Wildman–Crippen MR) is 158 cm³/mol. The normalized spacial score (nSPS) is 17.2. The molecule has 41 heavy (non-hydrogen) atoms. The molecular formula is C29H39N9O3. The van der Waals surface area contributed by atoms with Gasteiger partial charge in [0.25, 0.3) is 0 Å². The van der Waals surface area contributed by atoms with Gasteiger partial charge in [-0.3, -0.25) is 14.4 Å². The monoisotopic (exact) mass is 561 g/mol. The molecule has 3 aromatic rings. The standard InChI is InChI=1S/C29H39N9O3/c1-4-35(5-2)28(41)21-8-6-15-37(18-21)29-33-26(32-23-12-10-22(11-13-23)31-20(3)39)25-27(34-29)38(19-30-25)17-16-36-14-7-9-24(36)40/h10-13,19,21H,4-9,14-18H2,1-3H3,(H,31,39)(H,32,33,34). The molecule has 1 aromatic carbocycles. The number of carbonyl (C=O) groups excluding carboxylic acids is 3. The highest BCUT2D eigenvalue weighted by atomic mass is 16.2. The van der Waals surface area contributed by atoms with Crippen molar-refractivity contribution in [2.75, 3.05) is 54.8 Å². The van der Waals surface area contributed by atoms with E-state index in [1.54, 1.807) is 6.33 Å². The van der Waals surface area contributed by atoms with E-state index in [2.05, 4.69) is 20.5 Å². The van der Waals surface area contributed by atoms with Crippen molar-refractivity contribution in [1.29, 1.82) is 0 Å². The summed E-state index contributed by atoms with van der Waals surface area (Å²) >= 11 is 0. The molecule has 1 atom stereocenters. The van der Waals surface area contributed by atoms with Crippen molar-refractivity contribution in [2.45, 2.75) is 53.0 Å². The summed E-state index contributed by atoms with van der Waals surface area (Å²) in [4.78, 5) is 57.1. The van der Waals surface area contributed by atoms with E-state index in [0.717, 1.165) is 38.0 Å². The maximum absolute atomic E-state index is 13.2. The molecule has 1 unspecified atom stereocenters. The number of piperidine rings is 1. The van der Waals surface area contributed by atoms with Crippen LogP contribution in [0.15, 0.2) is 30.6 Å². The van der Waals surface area contributed by atoms with Crippen molar-refractivity contribution in [1.82, 2.24) is 29.3 Å². The lowest BCUT2D eigenvalue weighted by atomic mass is 9.96. The summed E-state index contributed by atoms with van der Waals surface area (Å²) < 4.78 is 1.97. The van der Waals surface area contributed by atoms with Gasteiger partial charge in [-0.15, -0.1) is 0 Å².